The van der Waals surface area contributed by atoms with Crippen LogP contribution in [0.4, 0.5) is 0 Å². The number of rotatable bonds is 9. The van der Waals surface area contributed by atoms with Crippen LogP contribution in [0.2, 0.25) is 0 Å². The van der Waals surface area contributed by atoms with Gasteiger partial charge >= 0.3 is 0 Å². The summed E-state index contributed by atoms with van der Waals surface area (Å²) in [5.74, 6) is 1.07. The first-order chi connectivity index (χ1) is 17.1. The van der Waals surface area contributed by atoms with Crippen LogP contribution in [0.1, 0.15) is 42.5 Å². The monoisotopic (exact) mass is 476 g/mol. The Morgan fingerprint density at radius 3 is 2.37 bits per heavy atom. The Kier molecular flexibility index (Phi) is 8.03. The van der Waals surface area contributed by atoms with Crippen LogP contribution in [-0.2, 0) is 4.79 Å². The number of methoxy groups -OCH3 is 2. The highest BCUT2D eigenvalue weighted by Gasteiger charge is 2.22. The molecule has 1 aromatic heterocycles. The second-order valence-electron chi connectivity index (χ2n) is 8.62. The van der Waals surface area contributed by atoms with E-state index in [0.29, 0.717) is 35.8 Å². The first-order valence-electron chi connectivity index (χ1n) is 12.0. The van der Waals surface area contributed by atoms with E-state index in [1.165, 1.54) is 6.42 Å². The molecule has 0 spiro atoms. The summed E-state index contributed by atoms with van der Waals surface area (Å²) >= 11 is 0. The minimum atomic E-state index is -0.260. The molecule has 4 rings (SSSR count). The molecule has 1 saturated carbocycles. The van der Waals surface area contributed by atoms with Gasteiger partial charge in [0.15, 0.2) is 11.5 Å². The fourth-order valence-corrected chi connectivity index (χ4v) is 4.42. The standard InChI is InChI=1S/C27H32N4O4/c1-34-23-14-13-20(17-24(23)35-2)25-22(18-31(30-25)21-11-7-4-8-12-21)27(33)29-16-15-28-26(32)19-9-5-3-6-10-19/h4,7-8,11-14,17-19H,3,5-6,9-10,15-16H2,1-2H3,(H,28,32)(H,29,33). The van der Waals surface area contributed by atoms with Gasteiger partial charge in [-0.2, -0.15) is 5.10 Å². The zero-order valence-corrected chi connectivity index (χ0v) is 20.3. The highest BCUT2D eigenvalue weighted by molar-refractivity contribution is 6.00. The lowest BCUT2D eigenvalue weighted by molar-refractivity contribution is -0.125. The fraction of sp³-hybridized carbons (Fsp3) is 0.370. The van der Waals surface area contributed by atoms with Crippen LogP contribution in [0.5, 0.6) is 11.5 Å². The quantitative estimate of drug-likeness (QED) is 0.456. The average molecular weight is 477 g/mol. The van der Waals surface area contributed by atoms with Crippen molar-refractivity contribution in [3.05, 3.63) is 60.3 Å². The molecule has 0 bridgehead atoms. The molecule has 1 heterocycles. The van der Waals surface area contributed by atoms with Crippen LogP contribution in [0.25, 0.3) is 16.9 Å². The maximum atomic E-state index is 13.2. The van der Waals surface area contributed by atoms with Crippen molar-refractivity contribution in [1.82, 2.24) is 20.4 Å². The van der Waals surface area contributed by atoms with E-state index in [1.54, 1.807) is 37.2 Å². The molecule has 0 radical (unpaired) electrons. The lowest BCUT2D eigenvalue weighted by Crippen LogP contribution is -2.38. The molecule has 1 fully saturated rings. The first kappa shape index (κ1) is 24.3. The van der Waals surface area contributed by atoms with Crippen molar-refractivity contribution in [3.63, 3.8) is 0 Å². The largest absolute Gasteiger partial charge is 0.493 e. The number of carbonyl (C=O) groups is 2. The molecule has 0 unspecified atom stereocenters. The van der Waals surface area contributed by atoms with Crippen LogP contribution >= 0.6 is 0 Å². The smallest absolute Gasteiger partial charge is 0.255 e. The molecule has 8 nitrogen and oxygen atoms in total. The van der Waals surface area contributed by atoms with Gasteiger partial charge in [0.1, 0.15) is 5.69 Å². The zero-order valence-electron chi connectivity index (χ0n) is 20.3. The molecular weight excluding hydrogens is 444 g/mol. The van der Waals surface area contributed by atoms with E-state index < -0.39 is 0 Å². The SMILES string of the molecule is COc1ccc(-c2nn(-c3ccccc3)cc2C(=O)NCCNC(=O)C2CCCCC2)cc1OC. The second kappa shape index (κ2) is 11.6. The molecule has 0 saturated heterocycles. The van der Waals surface area contributed by atoms with Crippen LogP contribution in [0.3, 0.4) is 0 Å². The van der Waals surface area contributed by atoms with Crippen molar-refractivity contribution in [2.45, 2.75) is 32.1 Å². The molecule has 3 aromatic rings. The lowest BCUT2D eigenvalue weighted by atomic mass is 9.89. The van der Waals surface area contributed by atoms with E-state index in [0.717, 1.165) is 36.9 Å². The molecule has 1 aliphatic rings. The van der Waals surface area contributed by atoms with Crippen molar-refractivity contribution >= 4 is 11.8 Å². The fourth-order valence-electron chi connectivity index (χ4n) is 4.42. The van der Waals surface area contributed by atoms with Gasteiger partial charge in [-0.1, -0.05) is 37.5 Å². The van der Waals surface area contributed by atoms with Gasteiger partial charge in [-0.05, 0) is 43.2 Å². The van der Waals surface area contributed by atoms with Gasteiger partial charge in [-0.15, -0.1) is 0 Å². The summed E-state index contributed by atoms with van der Waals surface area (Å²) in [5.41, 5.74) is 2.53. The number of ether oxygens (including phenoxy) is 2. The van der Waals surface area contributed by atoms with Crippen molar-refractivity contribution in [3.8, 4) is 28.4 Å². The Bertz CT molecular complexity index is 1150. The minimum Gasteiger partial charge on any atom is -0.493 e. The third kappa shape index (κ3) is 5.82. The normalized spacial score (nSPS) is 13.8. The van der Waals surface area contributed by atoms with Crippen LogP contribution in [0.15, 0.2) is 54.7 Å². The maximum Gasteiger partial charge on any atom is 0.255 e. The molecule has 35 heavy (non-hydrogen) atoms. The van der Waals surface area contributed by atoms with Gasteiger partial charge in [-0.3, -0.25) is 9.59 Å². The van der Waals surface area contributed by atoms with Gasteiger partial charge in [0.25, 0.3) is 5.91 Å². The Hall–Kier alpha value is -3.81. The number of hydrogen-bond donors (Lipinski definition) is 2. The van der Waals surface area contributed by atoms with Crippen molar-refractivity contribution in [1.29, 1.82) is 0 Å². The van der Waals surface area contributed by atoms with Gasteiger partial charge in [0.05, 0.1) is 25.5 Å². The van der Waals surface area contributed by atoms with Crippen LogP contribution in [0, 0.1) is 5.92 Å². The highest BCUT2D eigenvalue weighted by atomic mass is 16.5. The third-order valence-corrected chi connectivity index (χ3v) is 6.32. The second-order valence-corrected chi connectivity index (χ2v) is 8.62. The predicted octanol–water partition coefficient (Wildman–Crippen LogP) is 3.98. The van der Waals surface area contributed by atoms with E-state index in [1.807, 2.05) is 36.4 Å². The Balaban J connectivity index is 1.51. The summed E-state index contributed by atoms with van der Waals surface area (Å²) in [6, 6.07) is 15.1. The van der Waals surface area contributed by atoms with E-state index in [2.05, 4.69) is 10.6 Å². The lowest BCUT2D eigenvalue weighted by Gasteiger charge is -2.20. The molecule has 8 heteroatoms. The molecule has 2 aromatic carbocycles. The van der Waals surface area contributed by atoms with E-state index in [9.17, 15) is 9.59 Å². The van der Waals surface area contributed by atoms with Gasteiger partial charge in [0.2, 0.25) is 5.91 Å². The van der Waals surface area contributed by atoms with Gasteiger partial charge in [0, 0.05) is 30.8 Å². The number of nitrogens with zero attached hydrogens (tertiary/aromatic N) is 2. The topological polar surface area (TPSA) is 94.5 Å². The van der Waals surface area contributed by atoms with E-state index in [-0.39, 0.29) is 17.7 Å². The Morgan fingerprint density at radius 2 is 1.66 bits per heavy atom. The number of carbonyl (C=O) groups excluding carboxylic acids is 2. The summed E-state index contributed by atoms with van der Waals surface area (Å²) in [4.78, 5) is 25.5. The number of para-hydroxylation sites is 1. The predicted molar refractivity (Wildman–Crippen MR) is 134 cm³/mol. The van der Waals surface area contributed by atoms with Crippen LogP contribution in [-0.4, -0.2) is 48.9 Å². The first-order valence-corrected chi connectivity index (χ1v) is 12.0. The number of hydrogen-bond acceptors (Lipinski definition) is 5. The maximum absolute atomic E-state index is 13.2. The summed E-state index contributed by atoms with van der Waals surface area (Å²) in [6.07, 6.45) is 7.05. The van der Waals surface area contributed by atoms with E-state index in [4.69, 9.17) is 14.6 Å². The van der Waals surface area contributed by atoms with Crippen molar-refractivity contribution in [2.75, 3.05) is 27.3 Å². The number of benzene rings is 2. The van der Waals surface area contributed by atoms with Gasteiger partial charge in [-0.25, -0.2) is 4.68 Å². The minimum absolute atomic E-state index is 0.0851. The number of amides is 2. The van der Waals surface area contributed by atoms with E-state index >= 15 is 0 Å². The third-order valence-electron chi connectivity index (χ3n) is 6.32. The van der Waals surface area contributed by atoms with Crippen LogP contribution < -0.4 is 20.1 Å². The summed E-state index contributed by atoms with van der Waals surface area (Å²) in [5, 5.41) is 10.6. The molecule has 0 aliphatic heterocycles. The van der Waals surface area contributed by atoms with Crippen molar-refractivity contribution < 1.29 is 19.1 Å². The van der Waals surface area contributed by atoms with Gasteiger partial charge < -0.3 is 20.1 Å². The molecule has 1 aliphatic carbocycles. The summed E-state index contributed by atoms with van der Waals surface area (Å²) < 4.78 is 12.5. The highest BCUT2D eigenvalue weighted by Crippen LogP contribution is 2.33. The molecule has 2 amide bonds. The number of nitrogens with one attached hydrogen (secondary N) is 2. The molecular formula is C27H32N4O4. The zero-order chi connectivity index (χ0) is 24.6. The number of aromatic nitrogens is 2. The molecule has 0 atom stereocenters. The Morgan fingerprint density at radius 1 is 0.943 bits per heavy atom. The summed E-state index contributed by atoms with van der Waals surface area (Å²) in [7, 11) is 3.15. The Labute approximate surface area is 205 Å². The molecule has 2 N–H and O–H groups in total. The average Bonchev–Trinajstić information content (AvgIpc) is 3.37. The molecule has 184 valence electrons. The summed E-state index contributed by atoms with van der Waals surface area (Å²) in [6.45, 7) is 0.721. The van der Waals surface area contributed by atoms with Crippen molar-refractivity contribution in [2.24, 2.45) is 5.92 Å².